The number of rotatable bonds is 8. The molecular formula is C24H22BrN3O3S. The van der Waals surface area contributed by atoms with Gasteiger partial charge in [-0.05, 0) is 44.0 Å². The first-order valence-electron chi connectivity index (χ1n) is 10.4. The van der Waals surface area contributed by atoms with Crippen LogP contribution in [0.2, 0.25) is 0 Å². The van der Waals surface area contributed by atoms with Gasteiger partial charge < -0.3 is 5.32 Å². The number of unbranched alkanes of at least 4 members (excludes halogenated alkanes) is 2. The molecule has 0 radical (unpaired) electrons. The summed E-state index contributed by atoms with van der Waals surface area (Å²) in [6, 6.07) is 14.8. The number of thiazole rings is 1. The van der Waals surface area contributed by atoms with Gasteiger partial charge in [-0.2, -0.15) is 0 Å². The van der Waals surface area contributed by atoms with Crippen LogP contribution in [0.3, 0.4) is 0 Å². The minimum absolute atomic E-state index is 0.0816. The number of nitrogens with one attached hydrogen (secondary N) is 1. The van der Waals surface area contributed by atoms with E-state index in [9.17, 15) is 14.4 Å². The fourth-order valence-corrected chi connectivity index (χ4v) is 4.80. The van der Waals surface area contributed by atoms with Crippen molar-refractivity contribution in [3.05, 3.63) is 69.0 Å². The Hall–Kier alpha value is -2.84. The lowest BCUT2D eigenvalue weighted by Gasteiger charge is -2.13. The molecule has 1 aliphatic rings. The Balaban J connectivity index is 1.22. The third-order valence-electron chi connectivity index (χ3n) is 5.32. The van der Waals surface area contributed by atoms with Gasteiger partial charge in [0, 0.05) is 27.9 Å². The van der Waals surface area contributed by atoms with Crippen molar-refractivity contribution in [2.24, 2.45) is 0 Å². The summed E-state index contributed by atoms with van der Waals surface area (Å²) < 4.78 is 1.01. The molecule has 6 nitrogen and oxygen atoms in total. The minimum atomic E-state index is -0.232. The number of halogens is 1. The van der Waals surface area contributed by atoms with Gasteiger partial charge in [-0.1, -0.05) is 46.6 Å². The van der Waals surface area contributed by atoms with Gasteiger partial charge in [0.1, 0.15) is 0 Å². The normalized spacial score (nSPS) is 12.9. The highest BCUT2D eigenvalue weighted by atomic mass is 79.9. The topological polar surface area (TPSA) is 79.4 Å². The van der Waals surface area contributed by atoms with Crippen LogP contribution in [0.25, 0.3) is 11.3 Å². The summed E-state index contributed by atoms with van der Waals surface area (Å²) in [4.78, 5) is 44.0. The smallest absolute Gasteiger partial charge is 0.261 e. The van der Waals surface area contributed by atoms with Crippen LogP contribution < -0.4 is 5.32 Å². The molecule has 2 aromatic carbocycles. The SMILES string of the molecule is Cc1sc(NC(=O)CCCCCN2C(=O)c3ccccc3C2=O)nc1-c1ccc(Br)cc1. The first kappa shape index (κ1) is 22.4. The fraction of sp³-hybridized carbons (Fsp3) is 0.250. The second-order valence-corrected chi connectivity index (χ2v) is 9.72. The Morgan fingerprint density at radius 3 is 2.31 bits per heavy atom. The predicted octanol–water partition coefficient (Wildman–Crippen LogP) is 5.68. The molecule has 1 N–H and O–H groups in total. The molecule has 0 saturated carbocycles. The molecule has 0 bridgehead atoms. The maximum atomic E-state index is 12.4. The largest absolute Gasteiger partial charge is 0.302 e. The monoisotopic (exact) mass is 511 g/mol. The molecule has 164 valence electrons. The van der Waals surface area contributed by atoms with E-state index < -0.39 is 0 Å². The zero-order valence-corrected chi connectivity index (χ0v) is 20.0. The van der Waals surface area contributed by atoms with Crippen molar-refractivity contribution < 1.29 is 14.4 Å². The van der Waals surface area contributed by atoms with Crippen molar-refractivity contribution in [2.45, 2.75) is 32.6 Å². The molecule has 1 aromatic heterocycles. The van der Waals surface area contributed by atoms with Crippen molar-refractivity contribution in [3.63, 3.8) is 0 Å². The Labute approximate surface area is 198 Å². The lowest BCUT2D eigenvalue weighted by atomic mass is 10.1. The fourth-order valence-electron chi connectivity index (χ4n) is 3.68. The van der Waals surface area contributed by atoms with Crippen molar-refractivity contribution >= 4 is 50.1 Å². The zero-order valence-electron chi connectivity index (χ0n) is 17.6. The average Bonchev–Trinajstić information content (AvgIpc) is 3.26. The molecule has 8 heteroatoms. The van der Waals surface area contributed by atoms with Crippen molar-refractivity contribution in [1.29, 1.82) is 0 Å². The van der Waals surface area contributed by atoms with E-state index in [4.69, 9.17) is 0 Å². The van der Waals surface area contributed by atoms with E-state index in [-0.39, 0.29) is 17.7 Å². The highest BCUT2D eigenvalue weighted by Crippen LogP contribution is 2.31. The second kappa shape index (κ2) is 9.75. The lowest BCUT2D eigenvalue weighted by molar-refractivity contribution is -0.116. The third kappa shape index (κ3) is 4.81. The number of benzene rings is 2. The first-order chi connectivity index (χ1) is 15.4. The molecule has 0 fully saturated rings. The quantitative estimate of drug-likeness (QED) is 0.311. The van der Waals surface area contributed by atoms with Crippen LogP contribution in [-0.2, 0) is 4.79 Å². The number of fused-ring (bicyclic) bond motifs is 1. The summed E-state index contributed by atoms with van der Waals surface area (Å²) in [5.74, 6) is -0.546. The number of aryl methyl sites for hydroxylation is 1. The van der Waals surface area contributed by atoms with Crippen LogP contribution in [0.1, 0.15) is 51.3 Å². The molecule has 0 atom stereocenters. The van der Waals surface area contributed by atoms with Crippen molar-refractivity contribution in [3.8, 4) is 11.3 Å². The Morgan fingerprint density at radius 2 is 1.66 bits per heavy atom. The standard InChI is InChI=1S/C24H22BrN3O3S/c1-15-21(16-10-12-17(25)13-11-16)27-24(32-15)26-20(29)9-3-2-6-14-28-22(30)18-7-4-5-8-19(18)23(28)31/h4-5,7-8,10-13H,2-3,6,9,14H2,1H3,(H,26,27,29). The first-order valence-corrected chi connectivity index (χ1v) is 12.0. The van der Waals surface area contributed by atoms with E-state index in [1.165, 1.54) is 16.2 Å². The van der Waals surface area contributed by atoms with Crippen molar-refractivity contribution in [2.75, 3.05) is 11.9 Å². The van der Waals surface area contributed by atoms with Gasteiger partial charge in [-0.3, -0.25) is 19.3 Å². The van der Waals surface area contributed by atoms with Crippen LogP contribution in [-0.4, -0.2) is 34.2 Å². The molecule has 1 aliphatic heterocycles. The summed E-state index contributed by atoms with van der Waals surface area (Å²) in [6.45, 7) is 2.36. The Bertz CT molecular complexity index is 1140. The van der Waals surface area contributed by atoms with Crippen LogP contribution in [0, 0.1) is 6.92 Å². The molecule has 4 rings (SSSR count). The number of hydrogen-bond donors (Lipinski definition) is 1. The van der Waals surface area contributed by atoms with E-state index >= 15 is 0 Å². The molecule has 0 spiro atoms. The van der Waals surface area contributed by atoms with Crippen LogP contribution in [0.4, 0.5) is 5.13 Å². The van der Waals surface area contributed by atoms with Gasteiger partial charge in [0.15, 0.2) is 5.13 Å². The summed E-state index contributed by atoms with van der Waals surface area (Å²) in [5, 5.41) is 3.48. The third-order valence-corrected chi connectivity index (χ3v) is 6.74. The molecule has 0 saturated heterocycles. The van der Waals surface area contributed by atoms with Crippen LogP contribution in [0.15, 0.2) is 53.0 Å². The Morgan fingerprint density at radius 1 is 1.00 bits per heavy atom. The highest BCUT2D eigenvalue weighted by Gasteiger charge is 2.34. The number of hydrogen-bond acceptors (Lipinski definition) is 5. The zero-order chi connectivity index (χ0) is 22.7. The summed E-state index contributed by atoms with van der Waals surface area (Å²) in [7, 11) is 0. The molecule has 3 aromatic rings. The summed E-state index contributed by atoms with van der Waals surface area (Å²) in [5.41, 5.74) is 2.82. The van der Waals surface area contributed by atoms with Crippen molar-refractivity contribution in [1.82, 2.24) is 9.88 Å². The number of carbonyl (C=O) groups excluding carboxylic acids is 3. The molecule has 3 amide bonds. The number of amides is 3. The van der Waals surface area contributed by atoms with Gasteiger partial charge in [-0.15, -0.1) is 11.3 Å². The number of imide groups is 1. The maximum absolute atomic E-state index is 12.4. The van der Waals surface area contributed by atoms with Gasteiger partial charge in [0.05, 0.1) is 16.8 Å². The lowest BCUT2D eigenvalue weighted by Crippen LogP contribution is -2.30. The molecule has 2 heterocycles. The average molecular weight is 512 g/mol. The van der Waals surface area contributed by atoms with Gasteiger partial charge >= 0.3 is 0 Å². The molecule has 32 heavy (non-hydrogen) atoms. The minimum Gasteiger partial charge on any atom is -0.302 e. The van der Waals surface area contributed by atoms with E-state index in [0.29, 0.717) is 42.1 Å². The van der Waals surface area contributed by atoms with E-state index in [2.05, 4.69) is 26.2 Å². The number of aromatic nitrogens is 1. The summed E-state index contributed by atoms with van der Waals surface area (Å²) in [6.07, 6.45) is 2.47. The van der Waals surface area contributed by atoms with Gasteiger partial charge in [0.25, 0.3) is 11.8 Å². The second-order valence-electron chi connectivity index (χ2n) is 7.60. The van der Waals surface area contributed by atoms with Gasteiger partial charge in [-0.25, -0.2) is 4.98 Å². The van der Waals surface area contributed by atoms with Crippen LogP contribution >= 0.6 is 27.3 Å². The number of anilines is 1. The predicted molar refractivity (Wildman–Crippen MR) is 129 cm³/mol. The summed E-state index contributed by atoms with van der Waals surface area (Å²) >= 11 is 4.89. The number of nitrogens with zero attached hydrogens (tertiary/aromatic N) is 2. The highest BCUT2D eigenvalue weighted by molar-refractivity contribution is 9.10. The maximum Gasteiger partial charge on any atom is 0.261 e. The van der Waals surface area contributed by atoms with E-state index in [1.807, 2.05) is 31.2 Å². The Kier molecular flexibility index (Phi) is 6.81. The number of carbonyl (C=O) groups is 3. The van der Waals surface area contributed by atoms with Gasteiger partial charge in [0.2, 0.25) is 5.91 Å². The molecule has 0 unspecified atom stereocenters. The van der Waals surface area contributed by atoms with Crippen LogP contribution in [0.5, 0.6) is 0 Å². The molecule has 0 aliphatic carbocycles. The molecular weight excluding hydrogens is 490 g/mol. The van der Waals surface area contributed by atoms with E-state index in [0.717, 1.165) is 27.0 Å². The van der Waals surface area contributed by atoms with E-state index in [1.54, 1.807) is 24.3 Å².